The third-order valence-electron chi connectivity index (χ3n) is 3.61. The topological polar surface area (TPSA) is 43.8 Å². The largest absolute Gasteiger partial charge is 0.327 e. The van der Waals surface area contributed by atoms with Crippen LogP contribution < -0.4 is 5.73 Å². The maximum atomic E-state index is 6.41. The van der Waals surface area contributed by atoms with Crippen molar-refractivity contribution >= 4 is 22.6 Å². The second kappa shape index (κ2) is 4.93. The van der Waals surface area contributed by atoms with Crippen molar-refractivity contribution in [2.45, 2.75) is 13.5 Å². The van der Waals surface area contributed by atoms with Crippen molar-refractivity contribution in [1.82, 2.24) is 9.55 Å². The van der Waals surface area contributed by atoms with E-state index in [2.05, 4.69) is 10.6 Å². The van der Waals surface area contributed by atoms with E-state index in [1.807, 2.05) is 44.3 Å². The van der Waals surface area contributed by atoms with E-state index in [1.165, 1.54) is 0 Å². The van der Waals surface area contributed by atoms with E-state index in [0.29, 0.717) is 6.54 Å². The van der Waals surface area contributed by atoms with E-state index < -0.39 is 0 Å². The van der Waals surface area contributed by atoms with E-state index in [-0.39, 0.29) is 0 Å². The summed E-state index contributed by atoms with van der Waals surface area (Å²) >= 11 is 6.41. The lowest BCUT2D eigenvalue weighted by molar-refractivity contribution is 0.958. The summed E-state index contributed by atoms with van der Waals surface area (Å²) in [5, 5.41) is 0.755. The van der Waals surface area contributed by atoms with Crippen LogP contribution in [0.3, 0.4) is 0 Å². The van der Waals surface area contributed by atoms with Gasteiger partial charge >= 0.3 is 0 Å². The summed E-state index contributed by atoms with van der Waals surface area (Å²) in [6.45, 7) is 2.52. The lowest BCUT2D eigenvalue weighted by Gasteiger charge is -2.06. The van der Waals surface area contributed by atoms with E-state index in [0.717, 1.165) is 38.6 Å². The minimum atomic E-state index is 0.521. The number of aromatic nitrogens is 2. The maximum absolute atomic E-state index is 6.41. The van der Waals surface area contributed by atoms with E-state index in [1.54, 1.807) is 0 Å². The highest BCUT2D eigenvalue weighted by molar-refractivity contribution is 6.34. The maximum Gasteiger partial charge on any atom is 0.142 e. The lowest BCUT2D eigenvalue weighted by atomic mass is 10.1. The van der Waals surface area contributed by atoms with Gasteiger partial charge in [0.1, 0.15) is 5.82 Å². The van der Waals surface area contributed by atoms with Crippen molar-refractivity contribution in [3.8, 4) is 11.4 Å². The molecule has 1 heterocycles. The second-order valence-electron chi connectivity index (χ2n) is 4.96. The highest BCUT2D eigenvalue weighted by Gasteiger charge is 2.13. The molecule has 0 saturated carbocycles. The van der Waals surface area contributed by atoms with Crippen molar-refractivity contribution in [2.75, 3.05) is 0 Å². The predicted molar refractivity (Wildman–Crippen MR) is 83.8 cm³/mol. The molecule has 0 bridgehead atoms. The standard InChI is InChI=1S/C16H16ClN3/c1-10-4-3-5-12(15(10)17)16-19-13-8-11(9-18)6-7-14(13)20(16)2/h3-8H,9,18H2,1-2H3. The molecule has 1 aromatic heterocycles. The Balaban J connectivity index is 2.26. The molecule has 3 aromatic rings. The van der Waals surface area contributed by atoms with Crippen molar-refractivity contribution in [2.24, 2.45) is 12.8 Å². The summed E-state index contributed by atoms with van der Waals surface area (Å²) < 4.78 is 2.07. The highest BCUT2D eigenvalue weighted by Crippen LogP contribution is 2.31. The summed E-state index contributed by atoms with van der Waals surface area (Å²) in [5.74, 6) is 0.878. The first-order valence-corrected chi connectivity index (χ1v) is 6.90. The first kappa shape index (κ1) is 13.2. The number of imidazole rings is 1. The second-order valence-corrected chi connectivity index (χ2v) is 5.34. The number of benzene rings is 2. The Hall–Kier alpha value is -1.84. The van der Waals surface area contributed by atoms with Crippen LogP contribution in [0.4, 0.5) is 0 Å². The van der Waals surface area contributed by atoms with E-state index >= 15 is 0 Å². The van der Waals surface area contributed by atoms with Crippen LogP contribution in [0, 0.1) is 6.92 Å². The molecule has 0 spiro atoms. The zero-order valence-electron chi connectivity index (χ0n) is 11.5. The molecular weight excluding hydrogens is 270 g/mol. The van der Waals surface area contributed by atoms with Crippen molar-refractivity contribution < 1.29 is 0 Å². The quantitative estimate of drug-likeness (QED) is 0.781. The molecule has 3 nitrogen and oxygen atoms in total. The normalized spacial score (nSPS) is 11.2. The lowest BCUT2D eigenvalue weighted by Crippen LogP contribution is -1.96. The summed E-state index contributed by atoms with van der Waals surface area (Å²) in [7, 11) is 2.01. The van der Waals surface area contributed by atoms with Crippen LogP contribution in [0.25, 0.3) is 22.4 Å². The number of nitrogens with zero attached hydrogens (tertiary/aromatic N) is 2. The van der Waals surface area contributed by atoms with Crippen LogP contribution >= 0.6 is 11.6 Å². The minimum absolute atomic E-state index is 0.521. The van der Waals surface area contributed by atoms with E-state index in [4.69, 9.17) is 22.3 Å². The van der Waals surface area contributed by atoms with Crippen molar-refractivity contribution in [3.05, 3.63) is 52.5 Å². The SMILES string of the molecule is Cc1cccc(-c2nc3cc(CN)ccc3n2C)c1Cl. The van der Waals surface area contributed by atoms with Crippen molar-refractivity contribution in [3.63, 3.8) is 0 Å². The van der Waals surface area contributed by atoms with Gasteiger partial charge in [0.2, 0.25) is 0 Å². The number of hydrogen-bond acceptors (Lipinski definition) is 2. The molecule has 0 unspecified atom stereocenters. The van der Waals surface area contributed by atoms with Crippen LogP contribution in [0.2, 0.25) is 5.02 Å². The van der Waals surface area contributed by atoms with Gasteiger partial charge in [-0.05, 0) is 36.2 Å². The molecule has 0 aliphatic rings. The fourth-order valence-corrected chi connectivity index (χ4v) is 2.64. The van der Waals surface area contributed by atoms with Crippen LogP contribution in [0.5, 0.6) is 0 Å². The summed E-state index contributed by atoms with van der Waals surface area (Å²) in [4.78, 5) is 4.72. The average Bonchev–Trinajstić information content (AvgIpc) is 2.78. The van der Waals surface area contributed by atoms with Gasteiger partial charge in [0.25, 0.3) is 0 Å². The van der Waals surface area contributed by atoms with Gasteiger partial charge < -0.3 is 10.3 Å². The van der Waals surface area contributed by atoms with Gasteiger partial charge in [-0.25, -0.2) is 4.98 Å². The Labute approximate surface area is 123 Å². The molecule has 0 aliphatic carbocycles. The van der Waals surface area contributed by atoms with Crippen molar-refractivity contribution in [1.29, 1.82) is 0 Å². The Morgan fingerprint density at radius 3 is 2.80 bits per heavy atom. The molecule has 0 atom stereocenters. The fraction of sp³-hybridized carbons (Fsp3) is 0.188. The molecule has 2 N–H and O–H groups in total. The van der Waals surface area contributed by atoms with Crippen LogP contribution in [-0.4, -0.2) is 9.55 Å². The van der Waals surface area contributed by atoms with Gasteiger partial charge in [0, 0.05) is 19.2 Å². The summed E-state index contributed by atoms with van der Waals surface area (Å²) in [6.07, 6.45) is 0. The summed E-state index contributed by atoms with van der Waals surface area (Å²) in [6, 6.07) is 12.1. The van der Waals surface area contributed by atoms with Gasteiger partial charge in [-0.2, -0.15) is 0 Å². The zero-order chi connectivity index (χ0) is 14.3. The van der Waals surface area contributed by atoms with Crippen LogP contribution in [-0.2, 0) is 13.6 Å². The van der Waals surface area contributed by atoms with Gasteiger partial charge in [0.05, 0.1) is 16.1 Å². The zero-order valence-corrected chi connectivity index (χ0v) is 12.3. The monoisotopic (exact) mass is 285 g/mol. The number of halogens is 1. The van der Waals surface area contributed by atoms with Gasteiger partial charge in [-0.15, -0.1) is 0 Å². The summed E-state index contributed by atoms with van der Waals surface area (Å²) in [5.41, 5.74) is 10.8. The smallest absolute Gasteiger partial charge is 0.142 e. The number of aryl methyl sites for hydroxylation is 2. The first-order valence-electron chi connectivity index (χ1n) is 6.52. The molecule has 102 valence electrons. The number of rotatable bonds is 2. The van der Waals surface area contributed by atoms with Gasteiger partial charge in [0.15, 0.2) is 0 Å². The molecular formula is C16H16ClN3. The molecule has 20 heavy (non-hydrogen) atoms. The number of fused-ring (bicyclic) bond motifs is 1. The number of hydrogen-bond donors (Lipinski definition) is 1. The number of nitrogens with two attached hydrogens (primary N) is 1. The van der Waals surface area contributed by atoms with Crippen LogP contribution in [0.1, 0.15) is 11.1 Å². The van der Waals surface area contributed by atoms with Crippen LogP contribution in [0.15, 0.2) is 36.4 Å². The first-order chi connectivity index (χ1) is 9.61. The van der Waals surface area contributed by atoms with E-state index in [9.17, 15) is 0 Å². The Morgan fingerprint density at radius 1 is 1.25 bits per heavy atom. The third-order valence-corrected chi connectivity index (χ3v) is 4.12. The molecule has 4 heteroatoms. The predicted octanol–water partition coefficient (Wildman–Crippen LogP) is 3.66. The molecule has 2 aromatic carbocycles. The molecule has 3 rings (SSSR count). The fourth-order valence-electron chi connectivity index (χ4n) is 2.43. The Kier molecular flexibility index (Phi) is 3.24. The van der Waals surface area contributed by atoms with Gasteiger partial charge in [-0.3, -0.25) is 0 Å². The molecule has 0 aliphatic heterocycles. The minimum Gasteiger partial charge on any atom is -0.327 e. The molecule has 0 fully saturated rings. The third kappa shape index (κ3) is 1.99. The average molecular weight is 286 g/mol. The van der Waals surface area contributed by atoms with Gasteiger partial charge in [-0.1, -0.05) is 29.8 Å². The molecule has 0 radical (unpaired) electrons. The Bertz CT molecular complexity index is 790. The highest BCUT2D eigenvalue weighted by atomic mass is 35.5. The Morgan fingerprint density at radius 2 is 2.05 bits per heavy atom. The molecule has 0 amide bonds. The molecule has 0 saturated heterocycles.